The number of amides is 3. The van der Waals surface area contributed by atoms with E-state index in [2.05, 4.69) is 22.6 Å². The van der Waals surface area contributed by atoms with Gasteiger partial charge in [-0.2, -0.15) is 5.10 Å². The molecule has 0 bridgehead atoms. The second-order valence-corrected chi connectivity index (χ2v) is 6.78. The van der Waals surface area contributed by atoms with E-state index in [-0.39, 0.29) is 5.91 Å². The maximum absolute atomic E-state index is 13.0. The van der Waals surface area contributed by atoms with Gasteiger partial charge in [0.05, 0.1) is 12.2 Å². The average molecular weight is 336 g/mol. The van der Waals surface area contributed by atoms with Crippen molar-refractivity contribution < 1.29 is 9.59 Å². The number of rotatable bonds is 3. The van der Waals surface area contributed by atoms with Crippen molar-refractivity contribution in [3.63, 3.8) is 0 Å². The molecule has 0 spiro atoms. The summed E-state index contributed by atoms with van der Waals surface area (Å²) in [5, 5.41) is 6.95. The maximum Gasteiger partial charge on any atom is 0.329 e. The fourth-order valence-corrected chi connectivity index (χ4v) is 3.47. The third-order valence-corrected chi connectivity index (χ3v) is 4.80. The van der Waals surface area contributed by atoms with Crippen LogP contribution >= 0.6 is 0 Å². The second-order valence-electron chi connectivity index (χ2n) is 6.78. The summed E-state index contributed by atoms with van der Waals surface area (Å²) in [6, 6.07) is 7.20. The van der Waals surface area contributed by atoms with Crippen LogP contribution in [0.15, 0.2) is 42.7 Å². The van der Waals surface area contributed by atoms with E-state index in [0.717, 1.165) is 24.8 Å². The molecule has 2 aromatic rings. The fraction of sp³-hybridized carbons (Fsp3) is 0.316. The second kappa shape index (κ2) is 5.88. The fourth-order valence-electron chi connectivity index (χ4n) is 3.47. The van der Waals surface area contributed by atoms with Gasteiger partial charge >= 0.3 is 6.03 Å². The summed E-state index contributed by atoms with van der Waals surface area (Å²) in [5.74, 6) is -0.259. The summed E-state index contributed by atoms with van der Waals surface area (Å²) in [5.41, 5.74) is 1.93. The molecule has 4 rings (SSSR count). The lowest BCUT2D eigenvalue weighted by molar-refractivity contribution is -0.122. The van der Waals surface area contributed by atoms with Crippen molar-refractivity contribution in [2.24, 2.45) is 0 Å². The van der Waals surface area contributed by atoms with Crippen LogP contribution in [0.5, 0.6) is 0 Å². The van der Waals surface area contributed by atoms with Crippen LogP contribution in [0.25, 0.3) is 6.08 Å². The first-order valence-electron chi connectivity index (χ1n) is 8.50. The van der Waals surface area contributed by atoms with E-state index >= 15 is 0 Å². The number of carbonyl (C=O) groups excluding carboxylic acids is 2. The molecule has 1 aromatic carbocycles. The van der Waals surface area contributed by atoms with Gasteiger partial charge in [-0.25, -0.2) is 9.69 Å². The molecular formula is C19H20N4O2. The zero-order chi connectivity index (χ0) is 17.4. The number of fused-ring (bicyclic) bond motifs is 1. The largest absolute Gasteiger partial charge is 0.329 e. The number of imide groups is 1. The molecule has 1 unspecified atom stereocenters. The zero-order valence-electron chi connectivity index (χ0n) is 14.1. The summed E-state index contributed by atoms with van der Waals surface area (Å²) < 4.78 is 1.65. The number of aryl methyl sites for hydroxylation is 1. The number of anilines is 1. The van der Waals surface area contributed by atoms with Crippen LogP contribution < -0.4 is 10.2 Å². The van der Waals surface area contributed by atoms with Crippen LogP contribution in [0.3, 0.4) is 0 Å². The van der Waals surface area contributed by atoms with Crippen molar-refractivity contribution in [3.8, 4) is 0 Å². The number of nitrogens with zero attached hydrogens (tertiary/aromatic N) is 3. The van der Waals surface area contributed by atoms with Gasteiger partial charge in [0, 0.05) is 12.4 Å². The smallest absolute Gasteiger partial charge is 0.321 e. The predicted octanol–water partition coefficient (Wildman–Crippen LogP) is 2.75. The Labute approximate surface area is 146 Å². The molecule has 1 aromatic heterocycles. The Morgan fingerprint density at radius 1 is 1.32 bits per heavy atom. The molecule has 25 heavy (non-hydrogen) atoms. The van der Waals surface area contributed by atoms with Crippen LogP contribution in [0.4, 0.5) is 10.5 Å². The Morgan fingerprint density at radius 2 is 2.20 bits per heavy atom. The molecule has 1 aliphatic heterocycles. The van der Waals surface area contributed by atoms with Crippen LogP contribution in [-0.4, -0.2) is 27.3 Å². The Kier molecular flexibility index (Phi) is 3.67. The van der Waals surface area contributed by atoms with E-state index in [1.807, 2.05) is 18.2 Å². The van der Waals surface area contributed by atoms with Gasteiger partial charge in [0.2, 0.25) is 0 Å². The van der Waals surface area contributed by atoms with Crippen LogP contribution in [0, 0.1) is 0 Å². The number of hydrogen-bond donors (Lipinski definition) is 1. The van der Waals surface area contributed by atoms with Crippen LogP contribution in [0.1, 0.15) is 30.9 Å². The summed E-state index contributed by atoms with van der Waals surface area (Å²) in [7, 11) is 0. The number of aromatic nitrogens is 2. The highest BCUT2D eigenvalue weighted by Gasteiger charge is 2.49. The van der Waals surface area contributed by atoms with Gasteiger partial charge in [0.1, 0.15) is 5.54 Å². The lowest BCUT2D eigenvalue weighted by Gasteiger charge is -2.21. The molecule has 0 radical (unpaired) electrons. The van der Waals surface area contributed by atoms with Crippen molar-refractivity contribution in [1.29, 1.82) is 0 Å². The molecular weight excluding hydrogens is 316 g/mol. The first-order chi connectivity index (χ1) is 12.1. The number of carbonyl (C=O) groups is 2. The summed E-state index contributed by atoms with van der Waals surface area (Å²) in [6.07, 6.45) is 10.8. The minimum atomic E-state index is -1.01. The number of urea groups is 1. The lowest BCUT2D eigenvalue weighted by Crippen LogP contribution is -2.47. The third-order valence-electron chi connectivity index (χ3n) is 4.80. The molecule has 2 aliphatic rings. The van der Waals surface area contributed by atoms with Crippen molar-refractivity contribution in [3.05, 3.63) is 53.9 Å². The average Bonchev–Trinajstić information content (AvgIpc) is 3.06. The van der Waals surface area contributed by atoms with Crippen molar-refractivity contribution in [2.45, 2.75) is 38.3 Å². The number of hydrogen-bond acceptors (Lipinski definition) is 3. The SMILES string of the molecule is CC1(Cn2cccn2)NC(=O)N(c2ccc3c(c2)C=CCCC3)C1=O. The molecule has 1 fully saturated rings. The normalized spacial score (nSPS) is 22.7. The Balaban J connectivity index is 1.65. The molecule has 1 atom stereocenters. The Bertz CT molecular complexity index is 856. The molecule has 0 saturated carbocycles. The molecule has 6 heteroatoms. The lowest BCUT2D eigenvalue weighted by atomic mass is 10.0. The molecule has 3 amide bonds. The number of nitrogens with one attached hydrogen (secondary N) is 1. The zero-order valence-corrected chi connectivity index (χ0v) is 14.1. The Hall–Kier alpha value is -2.89. The molecule has 1 saturated heterocycles. The minimum absolute atomic E-state index is 0.259. The van der Waals surface area contributed by atoms with E-state index < -0.39 is 11.6 Å². The van der Waals surface area contributed by atoms with Gasteiger partial charge in [-0.1, -0.05) is 18.2 Å². The van der Waals surface area contributed by atoms with E-state index in [1.165, 1.54) is 10.5 Å². The number of benzene rings is 1. The van der Waals surface area contributed by atoms with E-state index in [9.17, 15) is 9.59 Å². The standard InChI is InChI=1S/C19H20N4O2/c1-19(13-22-11-5-10-20-22)17(24)23(18(25)21-19)16-9-8-14-6-3-2-4-7-15(14)12-16/h4-5,7-12H,2-3,6,13H2,1H3,(H,21,25). The first kappa shape index (κ1) is 15.6. The monoisotopic (exact) mass is 336 g/mol. The van der Waals surface area contributed by atoms with Crippen LogP contribution in [0.2, 0.25) is 0 Å². The molecule has 2 heterocycles. The van der Waals surface area contributed by atoms with Gasteiger partial charge in [0.25, 0.3) is 5.91 Å². The molecule has 1 N–H and O–H groups in total. The summed E-state index contributed by atoms with van der Waals surface area (Å²) in [4.78, 5) is 26.7. The highest BCUT2D eigenvalue weighted by atomic mass is 16.2. The third kappa shape index (κ3) is 2.73. The molecule has 1 aliphatic carbocycles. The predicted molar refractivity (Wildman–Crippen MR) is 95.1 cm³/mol. The van der Waals surface area contributed by atoms with Gasteiger partial charge < -0.3 is 5.32 Å². The van der Waals surface area contributed by atoms with Gasteiger partial charge in [-0.05, 0) is 55.5 Å². The molecule has 128 valence electrons. The highest BCUT2D eigenvalue weighted by Crippen LogP contribution is 2.29. The number of allylic oxidation sites excluding steroid dienone is 1. The van der Waals surface area contributed by atoms with Crippen LogP contribution in [-0.2, 0) is 17.8 Å². The summed E-state index contributed by atoms with van der Waals surface area (Å²) in [6.45, 7) is 2.03. The van der Waals surface area contributed by atoms with Gasteiger partial charge in [0.15, 0.2) is 0 Å². The topological polar surface area (TPSA) is 67.2 Å². The maximum atomic E-state index is 13.0. The minimum Gasteiger partial charge on any atom is -0.321 e. The molecule has 6 nitrogen and oxygen atoms in total. The van der Waals surface area contributed by atoms with Crippen molar-refractivity contribution >= 4 is 23.7 Å². The van der Waals surface area contributed by atoms with E-state index in [4.69, 9.17) is 0 Å². The van der Waals surface area contributed by atoms with Gasteiger partial charge in [-0.3, -0.25) is 9.48 Å². The van der Waals surface area contributed by atoms with Crippen molar-refractivity contribution in [1.82, 2.24) is 15.1 Å². The Morgan fingerprint density at radius 3 is 3.00 bits per heavy atom. The highest BCUT2D eigenvalue weighted by molar-refractivity contribution is 6.23. The van der Waals surface area contributed by atoms with E-state index in [1.54, 1.807) is 30.1 Å². The summed E-state index contributed by atoms with van der Waals surface area (Å²) >= 11 is 0. The first-order valence-corrected chi connectivity index (χ1v) is 8.50. The van der Waals surface area contributed by atoms with Gasteiger partial charge in [-0.15, -0.1) is 0 Å². The van der Waals surface area contributed by atoms with Crippen molar-refractivity contribution in [2.75, 3.05) is 4.90 Å². The van der Waals surface area contributed by atoms with E-state index in [0.29, 0.717) is 12.2 Å². The quantitative estimate of drug-likeness (QED) is 0.877.